The van der Waals surface area contributed by atoms with Crippen molar-refractivity contribution in [3.63, 3.8) is 0 Å². The van der Waals surface area contributed by atoms with E-state index in [4.69, 9.17) is 4.74 Å². The first-order chi connectivity index (χ1) is 10.4. The maximum atomic E-state index is 5.75. The number of rotatable bonds is 9. The molecule has 1 saturated carbocycles. The Bertz CT molecular complexity index is 534. The van der Waals surface area contributed by atoms with Crippen LogP contribution in [0.4, 0.5) is 0 Å². The second-order valence-electron chi connectivity index (χ2n) is 5.59. The van der Waals surface area contributed by atoms with Crippen molar-refractivity contribution in [2.75, 3.05) is 13.2 Å². The van der Waals surface area contributed by atoms with Gasteiger partial charge < -0.3 is 14.6 Å². The van der Waals surface area contributed by atoms with Crippen molar-refractivity contribution >= 4 is 0 Å². The van der Waals surface area contributed by atoms with Gasteiger partial charge in [-0.1, -0.05) is 30.3 Å². The normalized spacial score (nSPS) is 14.5. The third-order valence-corrected chi connectivity index (χ3v) is 3.75. The summed E-state index contributed by atoms with van der Waals surface area (Å²) in [4.78, 5) is 4.22. The molecule has 0 atom stereocenters. The lowest BCUT2D eigenvalue weighted by Crippen LogP contribution is -2.16. The predicted octanol–water partition coefficient (Wildman–Crippen LogP) is 2.91. The fourth-order valence-electron chi connectivity index (χ4n) is 2.43. The summed E-state index contributed by atoms with van der Waals surface area (Å²) < 4.78 is 8.01. The van der Waals surface area contributed by atoms with Crippen molar-refractivity contribution in [1.82, 2.24) is 14.9 Å². The molecule has 4 heteroatoms. The Morgan fingerprint density at radius 2 is 2.10 bits per heavy atom. The van der Waals surface area contributed by atoms with Crippen molar-refractivity contribution in [2.24, 2.45) is 0 Å². The van der Waals surface area contributed by atoms with Gasteiger partial charge in [0.2, 0.25) is 0 Å². The Morgan fingerprint density at radius 3 is 2.90 bits per heavy atom. The van der Waals surface area contributed by atoms with Crippen molar-refractivity contribution < 1.29 is 4.74 Å². The highest BCUT2D eigenvalue weighted by molar-refractivity contribution is 5.14. The minimum atomic E-state index is 0.676. The fourth-order valence-corrected chi connectivity index (χ4v) is 2.43. The third-order valence-electron chi connectivity index (χ3n) is 3.75. The molecule has 1 aliphatic rings. The summed E-state index contributed by atoms with van der Waals surface area (Å²) in [6.45, 7) is 3.37. The number of aromatic nitrogens is 2. The fraction of sp³-hybridized carbons (Fsp3) is 0.471. The topological polar surface area (TPSA) is 39.1 Å². The van der Waals surface area contributed by atoms with E-state index >= 15 is 0 Å². The van der Waals surface area contributed by atoms with Gasteiger partial charge in [-0.2, -0.15) is 0 Å². The van der Waals surface area contributed by atoms with E-state index in [2.05, 4.69) is 39.1 Å². The molecule has 112 valence electrons. The molecule has 1 heterocycles. The highest BCUT2D eigenvalue weighted by Crippen LogP contribution is 2.35. The molecule has 3 rings (SSSR count). The SMILES string of the molecule is c1ccc(CNCCCOCc2cncn2C2CC2)cc1. The van der Waals surface area contributed by atoms with Gasteiger partial charge in [-0.25, -0.2) is 4.98 Å². The van der Waals surface area contributed by atoms with Crippen LogP contribution in [0.25, 0.3) is 0 Å². The van der Waals surface area contributed by atoms with E-state index in [1.807, 2.05) is 18.6 Å². The molecule has 1 aromatic heterocycles. The number of ether oxygens (including phenoxy) is 1. The highest BCUT2D eigenvalue weighted by Gasteiger charge is 2.24. The highest BCUT2D eigenvalue weighted by atomic mass is 16.5. The minimum absolute atomic E-state index is 0.676. The first-order valence-corrected chi connectivity index (χ1v) is 7.76. The largest absolute Gasteiger partial charge is 0.375 e. The van der Waals surface area contributed by atoms with Crippen LogP contribution in [0.5, 0.6) is 0 Å². The van der Waals surface area contributed by atoms with E-state index in [0.717, 1.165) is 26.1 Å². The molecule has 0 amide bonds. The molecule has 21 heavy (non-hydrogen) atoms. The molecule has 1 aromatic carbocycles. The van der Waals surface area contributed by atoms with Crippen LogP contribution in [-0.4, -0.2) is 22.7 Å². The second kappa shape index (κ2) is 7.38. The van der Waals surface area contributed by atoms with Crippen LogP contribution in [0, 0.1) is 0 Å². The lowest BCUT2D eigenvalue weighted by Gasteiger charge is -2.08. The van der Waals surface area contributed by atoms with Crippen LogP contribution in [0.3, 0.4) is 0 Å². The average molecular weight is 285 g/mol. The maximum Gasteiger partial charge on any atom is 0.0951 e. The smallest absolute Gasteiger partial charge is 0.0951 e. The standard InChI is InChI=1S/C17H23N3O/c1-2-5-15(6-3-1)11-18-9-4-10-21-13-17-12-19-14-20(17)16-7-8-16/h1-3,5-6,12,14,16,18H,4,7-11,13H2. The number of nitrogens with one attached hydrogen (secondary N) is 1. The maximum absolute atomic E-state index is 5.75. The quantitative estimate of drug-likeness (QED) is 0.720. The Morgan fingerprint density at radius 1 is 1.24 bits per heavy atom. The van der Waals surface area contributed by atoms with Gasteiger partial charge in [-0.05, 0) is 31.4 Å². The molecular formula is C17H23N3O. The number of hydrogen-bond acceptors (Lipinski definition) is 3. The first kappa shape index (κ1) is 14.3. The number of nitrogens with zero attached hydrogens (tertiary/aromatic N) is 2. The van der Waals surface area contributed by atoms with Gasteiger partial charge in [-0.15, -0.1) is 0 Å². The molecule has 0 aliphatic heterocycles. The zero-order valence-electron chi connectivity index (χ0n) is 12.4. The molecule has 1 fully saturated rings. The number of hydrogen-bond donors (Lipinski definition) is 1. The molecular weight excluding hydrogens is 262 g/mol. The molecule has 4 nitrogen and oxygen atoms in total. The van der Waals surface area contributed by atoms with E-state index in [9.17, 15) is 0 Å². The summed E-state index contributed by atoms with van der Waals surface area (Å²) in [6.07, 6.45) is 7.45. The molecule has 0 saturated heterocycles. The Hall–Kier alpha value is -1.65. The summed E-state index contributed by atoms with van der Waals surface area (Å²) in [5.41, 5.74) is 2.53. The monoisotopic (exact) mass is 285 g/mol. The third kappa shape index (κ3) is 4.41. The van der Waals surface area contributed by atoms with Gasteiger partial charge in [0, 0.05) is 19.2 Å². The van der Waals surface area contributed by atoms with Crippen LogP contribution in [0.15, 0.2) is 42.9 Å². The Balaban J connectivity index is 1.26. The van der Waals surface area contributed by atoms with E-state index in [1.54, 1.807) is 0 Å². The van der Waals surface area contributed by atoms with Gasteiger partial charge in [0.05, 0.1) is 24.8 Å². The lowest BCUT2D eigenvalue weighted by molar-refractivity contribution is 0.113. The molecule has 1 aliphatic carbocycles. The first-order valence-electron chi connectivity index (χ1n) is 7.76. The van der Waals surface area contributed by atoms with Crippen molar-refractivity contribution in [2.45, 2.75) is 38.5 Å². The Labute approximate surface area is 126 Å². The van der Waals surface area contributed by atoms with Crippen LogP contribution >= 0.6 is 0 Å². The van der Waals surface area contributed by atoms with E-state index < -0.39 is 0 Å². The van der Waals surface area contributed by atoms with Gasteiger partial charge >= 0.3 is 0 Å². The summed E-state index contributed by atoms with van der Waals surface area (Å²) in [6, 6.07) is 11.2. The predicted molar refractivity (Wildman–Crippen MR) is 82.9 cm³/mol. The van der Waals surface area contributed by atoms with Crippen LogP contribution < -0.4 is 5.32 Å². The number of imidazole rings is 1. The minimum Gasteiger partial charge on any atom is -0.375 e. The van der Waals surface area contributed by atoms with Gasteiger partial charge in [0.1, 0.15) is 0 Å². The average Bonchev–Trinajstić information content (AvgIpc) is 3.26. The van der Waals surface area contributed by atoms with E-state index in [1.165, 1.54) is 24.1 Å². The molecule has 2 aromatic rings. The summed E-state index contributed by atoms with van der Waals surface area (Å²) in [7, 11) is 0. The summed E-state index contributed by atoms with van der Waals surface area (Å²) in [5.74, 6) is 0. The van der Waals surface area contributed by atoms with Crippen LogP contribution in [-0.2, 0) is 17.9 Å². The van der Waals surface area contributed by atoms with Crippen molar-refractivity contribution in [3.8, 4) is 0 Å². The van der Waals surface area contributed by atoms with Crippen molar-refractivity contribution in [1.29, 1.82) is 0 Å². The van der Waals surface area contributed by atoms with Gasteiger partial charge in [0.25, 0.3) is 0 Å². The molecule has 0 bridgehead atoms. The van der Waals surface area contributed by atoms with Crippen molar-refractivity contribution in [3.05, 3.63) is 54.1 Å². The number of benzene rings is 1. The van der Waals surface area contributed by atoms with E-state index in [0.29, 0.717) is 12.6 Å². The summed E-state index contributed by atoms with van der Waals surface area (Å²) >= 11 is 0. The van der Waals surface area contributed by atoms with Gasteiger partial charge in [-0.3, -0.25) is 0 Å². The zero-order chi connectivity index (χ0) is 14.3. The molecule has 0 radical (unpaired) electrons. The van der Waals surface area contributed by atoms with Crippen LogP contribution in [0.1, 0.15) is 36.6 Å². The Kier molecular flexibility index (Phi) is 5.03. The lowest BCUT2D eigenvalue weighted by atomic mass is 10.2. The van der Waals surface area contributed by atoms with E-state index in [-0.39, 0.29) is 0 Å². The second-order valence-corrected chi connectivity index (χ2v) is 5.59. The molecule has 0 spiro atoms. The zero-order valence-corrected chi connectivity index (χ0v) is 12.4. The van der Waals surface area contributed by atoms with Gasteiger partial charge in [0.15, 0.2) is 0 Å². The summed E-state index contributed by atoms with van der Waals surface area (Å²) in [5, 5.41) is 3.44. The van der Waals surface area contributed by atoms with Crippen LogP contribution in [0.2, 0.25) is 0 Å². The molecule has 1 N–H and O–H groups in total. The molecule has 0 unspecified atom stereocenters.